The zero-order chi connectivity index (χ0) is 16.7. The maximum atomic E-state index is 11.9. The molecule has 4 heteroatoms. The largest absolute Gasteiger partial charge is 0.325 e. The van der Waals surface area contributed by atoms with E-state index < -0.39 is 0 Å². The average molecular weight is 324 g/mol. The molecule has 0 aromatic heterocycles. The van der Waals surface area contributed by atoms with Crippen LogP contribution >= 0.6 is 11.8 Å². The van der Waals surface area contributed by atoms with Gasteiger partial charge in [0, 0.05) is 11.4 Å². The van der Waals surface area contributed by atoms with E-state index >= 15 is 0 Å². The third-order valence-electron chi connectivity index (χ3n) is 3.45. The number of anilines is 1. The molecule has 3 nitrogen and oxygen atoms in total. The van der Waals surface area contributed by atoms with Gasteiger partial charge in [0.25, 0.3) is 0 Å². The van der Waals surface area contributed by atoms with Gasteiger partial charge in [-0.2, -0.15) is 5.26 Å². The molecule has 0 bridgehead atoms. The molecule has 0 aliphatic heterocycles. The SMILES string of the molecule is CC(C)c1ccc(NC(=O)CSCc2ccc(C#N)cc2)cc1. The molecule has 23 heavy (non-hydrogen) atoms. The van der Waals surface area contributed by atoms with Crippen molar-refractivity contribution in [3.63, 3.8) is 0 Å². The molecule has 118 valence electrons. The molecular weight excluding hydrogens is 304 g/mol. The Hall–Kier alpha value is -2.25. The Morgan fingerprint density at radius 3 is 2.35 bits per heavy atom. The molecule has 0 unspecified atom stereocenters. The van der Waals surface area contributed by atoms with Crippen LogP contribution < -0.4 is 5.32 Å². The predicted octanol–water partition coefficient (Wildman–Crippen LogP) is 4.55. The van der Waals surface area contributed by atoms with Crippen LogP contribution in [-0.2, 0) is 10.5 Å². The number of rotatable bonds is 6. The Bertz CT molecular complexity index is 685. The Morgan fingerprint density at radius 2 is 1.78 bits per heavy atom. The third kappa shape index (κ3) is 5.46. The van der Waals surface area contributed by atoms with E-state index in [9.17, 15) is 4.79 Å². The highest BCUT2D eigenvalue weighted by Crippen LogP contribution is 2.18. The van der Waals surface area contributed by atoms with Gasteiger partial charge in [-0.1, -0.05) is 38.1 Å². The van der Waals surface area contributed by atoms with Crippen LogP contribution in [0.15, 0.2) is 48.5 Å². The van der Waals surface area contributed by atoms with Crippen LogP contribution in [0, 0.1) is 11.3 Å². The van der Waals surface area contributed by atoms with E-state index in [1.54, 1.807) is 23.9 Å². The van der Waals surface area contributed by atoms with Crippen LogP contribution in [0.1, 0.15) is 36.5 Å². The monoisotopic (exact) mass is 324 g/mol. The molecule has 0 aliphatic carbocycles. The number of hydrogen-bond acceptors (Lipinski definition) is 3. The number of nitriles is 1. The van der Waals surface area contributed by atoms with E-state index in [2.05, 4.69) is 25.2 Å². The number of hydrogen-bond donors (Lipinski definition) is 1. The summed E-state index contributed by atoms with van der Waals surface area (Å²) in [6.07, 6.45) is 0. The molecule has 0 saturated heterocycles. The molecule has 2 aromatic rings. The molecule has 0 atom stereocenters. The highest BCUT2D eigenvalue weighted by Gasteiger charge is 2.04. The summed E-state index contributed by atoms with van der Waals surface area (Å²) < 4.78 is 0. The molecular formula is C19H20N2OS. The van der Waals surface area contributed by atoms with Crippen molar-refractivity contribution in [3.05, 3.63) is 65.2 Å². The van der Waals surface area contributed by atoms with Gasteiger partial charge in [-0.25, -0.2) is 0 Å². The van der Waals surface area contributed by atoms with Gasteiger partial charge in [0.1, 0.15) is 0 Å². The Labute approximate surface area is 141 Å². The fourth-order valence-corrected chi connectivity index (χ4v) is 2.87. The summed E-state index contributed by atoms with van der Waals surface area (Å²) in [5, 5.41) is 11.7. The van der Waals surface area contributed by atoms with Crippen molar-refractivity contribution in [1.82, 2.24) is 0 Å². The minimum absolute atomic E-state index is 0.000872. The summed E-state index contributed by atoms with van der Waals surface area (Å²) in [7, 11) is 0. The summed E-state index contributed by atoms with van der Waals surface area (Å²) in [5.41, 5.74) is 3.86. The summed E-state index contributed by atoms with van der Waals surface area (Å²) >= 11 is 1.56. The number of amides is 1. The summed E-state index contributed by atoms with van der Waals surface area (Å²) in [5.74, 6) is 1.65. The maximum absolute atomic E-state index is 11.9. The van der Waals surface area contributed by atoms with Gasteiger partial charge in [0.05, 0.1) is 17.4 Å². The first-order valence-corrected chi connectivity index (χ1v) is 8.70. The van der Waals surface area contributed by atoms with Crippen molar-refractivity contribution in [3.8, 4) is 6.07 Å². The lowest BCUT2D eigenvalue weighted by molar-refractivity contribution is -0.113. The highest BCUT2D eigenvalue weighted by molar-refractivity contribution is 7.99. The van der Waals surface area contributed by atoms with Gasteiger partial charge >= 0.3 is 0 Å². The van der Waals surface area contributed by atoms with Crippen molar-refractivity contribution in [2.24, 2.45) is 0 Å². The van der Waals surface area contributed by atoms with Crippen molar-refractivity contribution in [2.75, 3.05) is 11.1 Å². The van der Waals surface area contributed by atoms with Gasteiger partial charge in [-0.3, -0.25) is 4.79 Å². The van der Waals surface area contributed by atoms with Crippen LogP contribution in [0.4, 0.5) is 5.69 Å². The first kappa shape index (κ1) is 17.1. The molecule has 0 fully saturated rings. The minimum atomic E-state index is 0.000872. The first-order chi connectivity index (χ1) is 11.1. The van der Waals surface area contributed by atoms with E-state index in [4.69, 9.17) is 5.26 Å². The van der Waals surface area contributed by atoms with Crippen LogP contribution in [0.2, 0.25) is 0 Å². The van der Waals surface area contributed by atoms with Crippen LogP contribution in [0.3, 0.4) is 0 Å². The van der Waals surface area contributed by atoms with Crippen LogP contribution in [0.25, 0.3) is 0 Å². The maximum Gasteiger partial charge on any atom is 0.234 e. The second kappa shape index (κ2) is 8.40. The summed E-state index contributed by atoms with van der Waals surface area (Å²) in [4.78, 5) is 11.9. The van der Waals surface area contributed by atoms with Crippen molar-refractivity contribution in [1.29, 1.82) is 5.26 Å². The zero-order valence-electron chi connectivity index (χ0n) is 13.4. The summed E-state index contributed by atoms with van der Waals surface area (Å²) in [6, 6.07) is 17.5. The highest BCUT2D eigenvalue weighted by atomic mass is 32.2. The normalized spacial score (nSPS) is 10.3. The standard InChI is InChI=1S/C19H20N2OS/c1-14(2)17-7-9-18(10-8-17)21-19(22)13-23-12-16-5-3-15(11-20)4-6-16/h3-10,14H,12-13H2,1-2H3,(H,21,22). The second-order valence-electron chi connectivity index (χ2n) is 5.63. The Kier molecular flexibility index (Phi) is 6.25. The quantitative estimate of drug-likeness (QED) is 0.848. The van der Waals surface area contributed by atoms with Gasteiger partial charge < -0.3 is 5.32 Å². The number of carbonyl (C=O) groups is 1. The fraction of sp³-hybridized carbons (Fsp3) is 0.263. The van der Waals surface area contributed by atoms with Gasteiger partial charge in [-0.15, -0.1) is 11.8 Å². The Balaban J connectivity index is 1.77. The molecule has 0 spiro atoms. The fourth-order valence-electron chi connectivity index (χ4n) is 2.09. The predicted molar refractivity (Wildman–Crippen MR) is 96.5 cm³/mol. The topological polar surface area (TPSA) is 52.9 Å². The van der Waals surface area contributed by atoms with E-state index in [-0.39, 0.29) is 5.91 Å². The molecule has 0 heterocycles. The van der Waals surface area contributed by atoms with E-state index in [1.807, 2.05) is 36.4 Å². The molecule has 2 rings (SSSR count). The number of nitrogens with zero attached hydrogens (tertiary/aromatic N) is 1. The number of carbonyl (C=O) groups excluding carboxylic acids is 1. The average Bonchev–Trinajstić information content (AvgIpc) is 2.56. The molecule has 1 amide bonds. The smallest absolute Gasteiger partial charge is 0.234 e. The molecule has 2 aromatic carbocycles. The van der Waals surface area contributed by atoms with E-state index in [0.717, 1.165) is 17.0 Å². The number of benzene rings is 2. The van der Waals surface area contributed by atoms with Gasteiger partial charge in [0.15, 0.2) is 0 Å². The lowest BCUT2D eigenvalue weighted by atomic mass is 10.0. The molecule has 0 radical (unpaired) electrons. The Morgan fingerprint density at radius 1 is 1.13 bits per heavy atom. The zero-order valence-corrected chi connectivity index (χ0v) is 14.2. The van der Waals surface area contributed by atoms with Crippen LogP contribution in [-0.4, -0.2) is 11.7 Å². The lowest BCUT2D eigenvalue weighted by Gasteiger charge is -2.08. The second-order valence-corrected chi connectivity index (χ2v) is 6.61. The molecule has 0 aliphatic rings. The van der Waals surface area contributed by atoms with Crippen molar-refractivity contribution in [2.45, 2.75) is 25.5 Å². The number of nitrogens with one attached hydrogen (secondary N) is 1. The van der Waals surface area contributed by atoms with Crippen molar-refractivity contribution >= 4 is 23.4 Å². The lowest BCUT2D eigenvalue weighted by Crippen LogP contribution is -2.14. The molecule has 0 saturated carbocycles. The van der Waals surface area contributed by atoms with E-state index in [0.29, 0.717) is 17.2 Å². The first-order valence-electron chi connectivity index (χ1n) is 7.55. The van der Waals surface area contributed by atoms with Crippen molar-refractivity contribution < 1.29 is 4.79 Å². The minimum Gasteiger partial charge on any atom is -0.325 e. The van der Waals surface area contributed by atoms with E-state index in [1.165, 1.54) is 5.56 Å². The summed E-state index contributed by atoms with van der Waals surface area (Å²) in [6.45, 7) is 4.29. The third-order valence-corrected chi connectivity index (χ3v) is 4.45. The number of thioether (sulfide) groups is 1. The van der Waals surface area contributed by atoms with Crippen LogP contribution in [0.5, 0.6) is 0 Å². The van der Waals surface area contributed by atoms with Gasteiger partial charge in [0.2, 0.25) is 5.91 Å². The van der Waals surface area contributed by atoms with Gasteiger partial charge in [-0.05, 0) is 41.3 Å². The molecule has 1 N–H and O–H groups in total.